The third kappa shape index (κ3) is 6.22. The SMILES string of the molecule is CC(C)(C)c1ccc(N)c(N)c1.CC(C)(C)c1cccc(Br)n1. The van der Waals surface area contributed by atoms with Gasteiger partial charge in [-0.1, -0.05) is 53.7 Å². The fourth-order valence-electron chi connectivity index (χ4n) is 1.87. The van der Waals surface area contributed by atoms with E-state index < -0.39 is 0 Å². The molecule has 0 aliphatic rings. The molecule has 0 saturated carbocycles. The number of nitrogens with two attached hydrogens (primary N) is 2. The summed E-state index contributed by atoms with van der Waals surface area (Å²) in [5.74, 6) is 0. The van der Waals surface area contributed by atoms with E-state index in [1.807, 2.05) is 36.4 Å². The normalized spacial score (nSPS) is 11.6. The molecule has 0 radical (unpaired) electrons. The second-order valence-electron chi connectivity index (χ2n) is 7.69. The predicted molar refractivity (Wildman–Crippen MR) is 105 cm³/mol. The van der Waals surface area contributed by atoms with Crippen LogP contribution in [-0.4, -0.2) is 4.98 Å². The molecule has 1 heterocycles. The number of hydrogen-bond donors (Lipinski definition) is 2. The third-order valence-corrected chi connectivity index (χ3v) is 3.88. The lowest BCUT2D eigenvalue weighted by molar-refractivity contribution is 0.567. The quantitative estimate of drug-likeness (QED) is 0.484. The molecule has 0 saturated heterocycles. The summed E-state index contributed by atoms with van der Waals surface area (Å²) in [7, 11) is 0. The zero-order valence-electron chi connectivity index (χ0n) is 14.9. The molecule has 0 bridgehead atoms. The van der Waals surface area contributed by atoms with Crippen LogP contribution in [0.4, 0.5) is 11.4 Å². The van der Waals surface area contributed by atoms with Crippen molar-refractivity contribution in [2.75, 3.05) is 11.5 Å². The molecule has 3 nitrogen and oxygen atoms in total. The average Bonchev–Trinajstić information content (AvgIpc) is 2.40. The zero-order valence-corrected chi connectivity index (χ0v) is 16.5. The van der Waals surface area contributed by atoms with Crippen LogP contribution >= 0.6 is 15.9 Å². The van der Waals surface area contributed by atoms with Crippen LogP contribution in [0.5, 0.6) is 0 Å². The number of benzene rings is 1. The Morgan fingerprint density at radius 3 is 1.83 bits per heavy atom. The van der Waals surface area contributed by atoms with E-state index in [0.29, 0.717) is 11.4 Å². The molecule has 2 rings (SSSR count). The number of halogens is 1. The van der Waals surface area contributed by atoms with Gasteiger partial charge in [-0.3, -0.25) is 0 Å². The molecule has 0 fully saturated rings. The molecule has 2 aromatic rings. The fourth-order valence-corrected chi connectivity index (χ4v) is 2.21. The summed E-state index contributed by atoms with van der Waals surface area (Å²) < 4.78 is 0.907. The molecule has 0 unspecified atom stereocenters. The van der Waals surface area contributed by atoms with E-state index >= 15 is 0 Å². The first-order chi connectivity index (χ1) is 10.4. The summed E-state index contributed by atoms with van der Waals surface area (Å²) in [6, 6.07) is 11.8. The van der Waals surface area contributed by atoms with Gasteiger partial charge in [-0.15, -0.1) is 0 Å². The Bertz CT molecular complexity index is 652. The molecule has 1 aromatic heterocycles. The Morgan fingerprint density at radius 1 is 0.826 bits per heavy atom. The van der Waals surface area contributed by atoms with Gasteiger partial charge in [-0.2, -0.15) is 0 Å². The summed E-state index contributed by atoms with van der Waals surface area (Å²) in [5.41, 5.74) is 15.2. The van der Waals surface area contributed by atoms with Gasteiger partial charge >= 0.3 is 0 Å². The smallest absolute Gasteiger partial charge is 0.106 e. The molecule has 0 spiro atoms. The van der Waals surface area contributed by atoms with Crippen molar-refractivity contribution in [1.29, 1.82) is 0 Å². The molecule has 1 aromatic carbocycles. The molecule has 0 aliphatic heterocycles. The summed E-state index contributed by atoms with van der Waals surface area (Å²) in [4.78, 5) is 4.36. The molecule has 4 heteroatoms. The van der Waals surface area contributed by atoms with E-state index in [4.69, 9.17) is 11.5 Å². The Labute approximate surface area is 148 Å². The predicted octanol–water partition coefficient (Wildman–Crippen LogP) is 5.29. The number of aromatic nitrogens is 1. The van der Waals surface area contributed by atoms with E-state index in [-0.39, 0.29) is 10.8 Å². The van der Waals surface area contributed by atoms with Crippen LogP contribution in [0.2, 0.25) is 0 Å². The number of hydrogen-bond acceptors (Lipinski definition) is 3. The highest BCUT2D eigenvalue weighted by atomic mass is 79.9. The first-order valence-electron chi connectivity index (χ1n) is 7.70. The highest BCUT2D eigenvalue weighted by molar-refractivity contribution is 9.10. The summed E-state index contributed by atoms with van der Waals surface area (Å²) >= 11 is 3.34. The van der Waals surface area contributed by atoms with Crippen molar-refractivity contribution in [2.45, 2.75) is 52.4 Å². The molecule has 0 amide bonds. The van der Waals surface area contributed by atoms with Crippen molar-refractivity contribution in [1.82, 2.24) is 4.98 Å². The highest BCUT2D eigenvalue weighted by Gasteiger charge is 2.15. The van der Waals surface area contributed by atoms with Gasteiger partial charge in [0.1, 0.15) is 4.60 Å². The Kier molecular flexibility index (Phi) is 6.23. The van der Waals surface area contributed by atoms with Gasteiger partial charge < -0.3 is 11.5 Å². The van der Waals surface area contributed by atoms with E-state index in [1.165, 1.54) is 5.56 Å². The maximum absolute atomic E-state index is 5.69. The van der Waals surface area contributed by atoms with Crippen LogP contribution in [0.1, 0.15) is 52.8 Å². The second-order valence-corrected chi connectivity index (χ2v) is 8.50. The first kappa shape index (κ1) is 19.5. The van der Waals surface area contributed by atoms with Crippen LogP contribution in [0.3, 0.4) is 0 Å². The van der Waals surface area contributed by atoms with Gasteiger partial charge in [-0.05, 0) is 51.2 Å². The number of rotatable bonds is 0. The number of nitrogens with zero attached hydrogens (tertiary/aromatic N) is 1. The minimum Gasteiger partial charge on any atom is -0.397 e. The number of anilines is 2. The first-order valence-corrected chi connectivity index (χ1v) is 8.49. The molecular weight excluding hydrogens is 350 g/mol. The molecule has 4 N–H and O–H groups in total. The Morgan fingerprint density at radius 2 is 1.43 bits per heavy atom. The second kappa shape index (κ2) is 7.35. The molecule has 126 valence electrons. The largest absolute Gasteiger partial charge is 0.397 e. The molecule has 23 heavy (non-hydrogen) atoms. The zero-order chi connectivity index (χ0) is 17.8. The minimum absolute atomic E-state index is 0.141. The lowest BCUT2D eigenvalue weighted by atomic mass is 9.87. The average molecular weight is 378 g/mol. The van der Waals surface area contributed by atoms with Crippen LogP contribution in [-0.2, 0) is 10.8 Å². The van der Waals surface area contributed by atoms with Gasteiger partial charge in [0.2, 0.25) is 0 Å². The van der Waals surface area contributed by atoms with Crippen molar-refractivity contribution < 1.29 is 0 Å². The topological polar surface area (TPSA) is 64.9 Å². The number of pyridine rings is 1. The van der Waals surface area contributed by atoms with Gasteiger partial charge in [-0.25, -0.2) is 4.98 Å². The van der Waals surface area contributed by atoms with Crippen LogP contribution in [0.25, 0.3) is 0 Å². The molecule has 0 atom stereocenters. The maximum atomic E-state index is 5.69. The highest BCUT2D eigenvalue weighted by Crippen LogP contribution is 2.26. The van der Waals surface area contributed by atoms with Gasteiger partial charge in [0.15, 0.2) is 0 Å². The summed E-state index contributed by atoms with van der Waals surface area (Å²) in [6.07, 6.45) is 0. The fraction of sp³-hybridized carbons (Fsp3) is 0.421. The lowest BCUT2D eigenvalue weighted by Crippen LogP contribution is -2.12. The van der Waals surface area contributed by atoms with Crippen molar-refractivity contribution in [3.8, 4) is 0 Å². The van der Waals surface area contributed by atoms with Crippen molar-refractivity contribution in [3.05, 3.63) is 52.3 Å². The van der Waals surface area contributed by atoms with Gasteiger partial charge in [0, 0.05) is 11.1 Å². The van der Waals surface area contributed by atoms with Crippen LogP contribution in [0.15, 0.2) is 41.0 Å². The lowest BCUT2D eigenvalue weighted by Gasteiger charge is -2.19. The maximum Gasteiger partial charge on any atom is 0.106 e. The number of nitrogen functional groups attached to an aromatic ring is 2. The van der Waals surface area contributed by atoms with E-state index in [1.54, 1.807) is 0 Å². The van der Waals surface area contributed by atoms with Crippen molar-refractivity contribution in [2.24, 2.45) is 0 Å². The third-order valence-electron chi connectivity index (χ3n) is 3.44. The summed E-state index contributed by atoms with van der Waals surface area (Å²) in [5, 5.41) is 0. The minimum atomic E-state index is 0.141. The Hall–Kier alpha value is -1.55. The molecular formula is C19H28BrN3. The molecule has 0 aliphatic carbocycles. The summed E-state index contributed by atoms with van der Waals surface area (Å²) in [6.45, 7) is 12.9. The van der Waals surface area contributed by atoms with Gasteiger partial charge in [0.05, 0.1) is 11.4 Å². The standard InChI is InChI=1S/C10H16N2.C9H12BrN/c1-10(2,3)7-4-5-8(11)9(12)6-7;1-9(2,3)7-5-4-6-8(10)11-7/h4-6H,11-12H2,1-3H3;4-6H,1-3H3. The Balaban J connectivity index is 0.000000231. The van der Waals surface area contributed by atoms with Crippen LogP contribution in [0, 0.1) is 0 Å². The van der Waals surface area contributed by atoms with Crippen molar-refractivity contribution >= 4 is 27.3 Å². The van der Waals surface area contributed by atoms with Crippen molar-refractivity contribution in [3.63, 3.8) is 0 Å². The van der Waals surface area contributed by atoms with Gasteiger partial charge in [0.25, 0.3) is 0 Å². The van der Waals surface area contributed by atoms with E-state index in [0.717, 1.165) is 10.3 Å². The van der Waals surface area contributed by atoms with Crippen LogP contribution < -0.4 is 11.5 Å². The van der Waals surface area contributed by atoms with E-state index in [9.17, 15) is 0 Å². The monoisotopic (exact) mass is 377 g/mol. The van der Waals surface area contributed by atoms with E-state index in [2.05, 4.69) is 62.5 Å².